The lowest BCUT2D eigenvalue weighted by Gasteiger charge is -2.19. The Balaban J connectivity index is 1.19. The van der Waals surface area contributed by atoms with Crippen LogP contribution >= 0.6 is 0 Å². The van der Waals surface area contributed by atoms with Crippen LogP contribution in [-0.2, 0) is 29.0 Å². The smallest absolute Gasteiger partial charge is 0.338 e. The topological polar surface area (TPSA) is 119 Å². The molecule has 0 aliphatic carbocycles. The predicted molar refractivity (Wildman–Crippen MR) is 178 cm³/mol. The van der Waals surface area contributed by atoms with Gasteiger partial charge in [0.15, 0.2) is 0 Å². The van der Waals surface area contributed by atoms with Crippen LogP contribution in [0, 0.1) is 11.6 Å². The number of halogens is 4. The molecule has 2 aromatic carbocycles. The first-order chi connectivity index (χ1) is 24.4. The molecule has 0 amide bonds. The van der Waals surface area contributed by atoms with E-state index in [0.717, 1.165) is 12.1 Å². The summed E-state index contributed by atoms with van der Waals surface area (Å²) in [7, 11) is 1.55. The summed E-state index contributed by atoms with van der Waals surface area (Å²) in [6.45, 7) is 3.22. The van der Waals surface area contributed by atoms with Gasteiger partial charge in [0.25, 0.3) is 0 Å². The number of nitrogens with zero attached hydrogens (tertiary/aromatic N) is 7. The molecule has 0 spiro atoms. The van der Waals surface area contributed by atoms with Crippen LogP contribution < -0.4 is 4.74 Å². The quantitative estimate of drug-likeness (QED) is 0.0963. The van der Waals surface area contributed by atoms with Crippen molar-refractivity contribution in [2.75, 3.05) is 13.7 Å². The highest BCUT2D eigenvalue weighted by molar-refractivity contribution is 5.94. The van der Waals surface area contributed by atoms with Crippen LogP contribution in [0.15, 0.2) is 73.3 Å². The van der Waals surface area contributed by atoms with E-state index in [4.69, 9.17) is 14.2 Å². The van der Waals surface area contributed by atoms with Crippen LogP contribution in [-0.4, -0.2) is 59.6 Å². The van der Waals surface area contributed by atoms with E-state index in [9.17, 15) is 13.6 Å². The number of rotatable bonds is 12. The van der Waals surface area contributed by atoms with Crippen molar-refractivity contribution >= 4 is 17.0 Å². The lowest BCUT2D eigenvalue weighted by molar-refractivity contribution is 0.00695. The number of ether oxygens (including phenoxy) is 3. The highest BCUT2D eigenvalue weighted by atomic mass is 19.3. The molecule has 0 radical (unpaired) electrons. The molecular formula is C36H33F4N7O4. The lowest BCUT2D eigenvalue weighted by Crippen LogP contribution is -2.23. The maximum absolute atomic E-state index is 15.6. The van der Waals surface area contributed by atoms with Crippen molar-refractivity contribution in [2.24, 2.45) is 0 Å². The largest absolute Gasteiger partial charge is 0.471 e. The SMILES string of the molecule is COCCn1c(Cc2cc(F)c(-c3cccc(OCc4cnc(-c5cnn(C(F)F)c5)cn4)n3)cc2F)nc2ccc(C(=O)OC(C)(C)C)cc21. The minimum Gasteiger partial charge on any atom is -0.471 e. The molecule has 0 saturated heterocycles. The molecule has 4 heterocycles. The molecule has 0 unspecified atom stereocenters. The standard InChI is InChI=1S/C36H33F4N7O4/c1-36(2,3)51-34(48)21-8-9-29-31(13-21)46(10-11-49-4)32(44-29)14-22-12-27(38)25(15-26(22)37)28-6-5-7-33(45-28)50-20-24-17-42-30(18-41-24)23-16-43-47(19-23)35(39)40/h5-9,12-13,15-19,35H,10-11,14,20H2,1-4H3. The normalized spacial score (nSPS) is 11.8. The highest BCUT2D eigenvalue weighted by Gasteiger charge is 2.21. The third kappa shape index (κ3) is 8.20. The predicted octanol–water partition coefficient (Wildman–Crippen LogP) is 7.20. The van der Waals surface area contributed by atoms with Crippen LogP contribution in [0.2, 0.25) is 0 Å². The van der Waals surface area contributed by atoms with Crippen molar-refractivity contribution in [1.29, 1.82) is 0 Å². The Morgan fingerprint density at radius 3 is 2.47 bits per heavy atom. The summed E-state index contributed by atoms with van der Waals surface area (Å²) < 4.78 is 75.7. The van der Waals surface area contributed by atoms with Crippen molar-refractivity contribution in [3.8, 4) is 28.4 Å². The number of alkyl halides is 2. The Morgan fingerprint density at radius 2 is 1.76 bits per heavy atom. The molecule has 11 nitrogen and oxygen atoms in total. The summed E-state index contributed by atoms with van der Waals surface area (Å²) in [5.41, 5.74) is 2.19. The first-order valence-corrected chi connectivity index (χ1v) is 15.8. The summed E-state index contributed by atoms with van der Waals surface area (Å²) in [5, 5.41) is 3.59. The van der Waals surface area contributed by atoms with Crippen LogP contribution in [0.25, 0.3) is 33.5 Å². The zero-order valence-electron chi connectivity index (χ0n) is 28.1. The number of imidazole rings is 1. The number of methoxy groups -OCH3 is 1. The van der Waals surface area contributed by atoms with Gasteiger partial charge in [-0.2, -0.15) is 13.9 Å². The number of benzene rings is 2. The molecule has 51 heavy (non-hydrogen) atoms. The summed E-state index contributed by atoms with van der Waals surface area (Å²) in [5.74, 6) is -1.24. The average molecular weight is 704 g/mol. The Labute approximate surface area is 289 Å². The van der Waals surface area contributed by atoms with Crippen LogP contribution in [0.4, 0.5) is 17.6 Å². The maximum atomic E-state index is 15.6. The number of hydrogen-bond acceptors (Lipinski definition) is 9. The fourth-order valence-electron chi connectivity index (χ4n) is 5.24. The third-order valence-electron chi connectivity index (χ3n) is 7.64. The van der Waals surface area contributed by atoms with Crippen molar-refractivity contribution in [2.45, 2.75) is 52.5 Å². The zero-order chi connectivity index (χ0) is 36.3. The van der Waals surface area contributed by atoms with Gasteiger partial charge in [-0.05, 0) is 62.7 Å². The molecule has 6 rings (SSSR count). The number of hydrogen-bond donors (Lipinski definition) is 0. The highest BCUT2D eigenvalue weighted by Crippen LogP contribution is 2.29. The monoisotopic (exact) mass is 703 g/mol. The second kappa shape index (κ2) is 14.6. The van der Waals surface area contributed by atoms with E-state index in [0.29, 0.717) is 57.2 Å². The summed E-state index contributed by atoms with van der Waals surface area (Å²) in [4.78, 5) is 30.2. The van der Waals surface area contributed by atoms with Crippen LogP contribution in [0.5, 0.6) is 5.88 Å². The van der Waals surface area contributed by atoms with Gasteiger partial charge in [0, 0.05) is 43.5 Å². The second-order valence-electron chi connectivity index (χ2n) is 12.5. The number of pyridine rings is 1. The van der Waals surface area contributed by atoms with E-state index in [1.165, 1.54) is 30.9 Å². The fraction of sp³-hybridized carbons (Fsp3) is 0.278. The van der Waals surface area contributed by atoms with E-state index in [1.54, 1.807) is 58.2 Å². The van der Waals surface area contributed by atoms with Gasteiger partial charge in [-0.3, -0.25) is 9.97 Å². The first-order valence-electron chi connectivity index (χ1n) is 15.8. The molecule has 6 aromatic rings. The minimum absolute atomic E-state index is 0.0336. The Bertz CT molecular complexity index is 2180. The van der Waals surface area contributed by atoms with Gasteiger partial charge in [0.2, 0.25) is 5.88 Å². The van der Waals surface area contributed by atoms with E-state index in [-0.39, 0.29) is 35.7 Å². The molecule has 0 aliphatic heterocycles. The number of esters is 1. The molecule has 4 aromatic heterocycles. The summed E-state index contributed by atoms with van der Waals surface area (Å²) in [6, 6.07) is 11.9. The van der Waals surface area contributed by atoms with Gasteiger partial charge in [0.1, 0.15) is 29.7 Å². The van der Waals surface area contributed by atoms with Crippen molar-refractivity contribution in [3.05, 3.63) is 108 Å². The van der Waals surface area contributed by atoms with Gasteiger partial charge < -0.3 is 18.8 Å². The number of aromatic nitrogens is 7. The minimum atomic E-state index is -2.77. The first kappa shape index (κ1) is 35.1. The molecule has 0 bridgehead atoms. The van der Waals surface area contributed by atoms with Gasteiger partial charge in [0.05, 0.1) is 58.9 Å². The molecule has 264 valence electrons. The molecule has 0 saturated carbocycles. The average Bonchev–Trinajstić information content (AvgIpc) is 3.73. The third-order valence-corrected chi connectivity index (χ3v) is 7.64. The van der Waals surface area contributed by atoms with Gasteiger partial charge in [-0.25, -0.2) is 28.2 Å². The molecule has 0 fully saturated rings. The van der Waals surface area contributed by atoms with Crippen molar-refractivity contribution in [3.63, 3.8) is 0 Å². The molecule has 0 aliphatic rings. The van der Waals surface area contributed by atoms with E-state index in [2.05, 4.69) is 25.0 Å². The maximum Gasteiger partial charge on any atom is 0.338 e. The molecular weight excluding hydrogens is 670 g/mol. The van der Waals surface area contributed by atoms with E-state index >= 15 is 8.78 Å². The van der Waals surface area contributed by atoms with Crippen LogP contribution in [0.3, 0.4) is 0 Å². The van der Waals surface area contributed by atoms with E-state index < -0.39 is 29.8 Å². The van der Waals surface area contributed by atoms with Gasteiger partial charge in [-0.15, -0.1) is 0 Å². The van der Waals surface area contributed by atoms with Crippen molar-refractivity contribution < 1.29 is 36.6 Å². The lowest BCUT2D eigenvalue weighted by atomic mass is 10.0. The van der Waals surface area contributed by atoms with Crippen LogP contribution in [0.1, 0.15) is 54.8 Å². The van der Waals surface area contributed by atoms with E-state index in [1.807, 2.05) is 4.57 Å². The molecule has 15 heteroatoms. The van der Waals surface area contributed by atoms with Crippen molar-refractivity contribution in [1.82, 2.24) is 34.3 Å². The number of carbonyl (C=O) groups is 1. The number of carbonyl (C=O) groups excluding carboxylic acids is 1. The summed E-state index contributed by atoms with van der Waals surface area (Å²) in [6.07, 6.45) is 5.23. The zero-order valence-corrected chi connectivity index (χ0v) is 28.1. The Kier molecular flexibility index (Phi) is 10.1. The summed E-state index contributed by atoms with van der Waals surface area (Å²) >= 11 is 0. The molecule has 0 N–H and O–H groups in total. The molecule has 0 atom stereocenters. The Morgan fingerprint density at radius 1 is 0.941 bits per heavy atom. The second-order valence-corrected chi connectivity index (χ2v) is 12.5. The number of fused-ring (bicyclic) bond motifs is 1. The Hall–Kier alpha value is -5.70. The fourth-order valence-corrected chi connectivity index (χ4v) is 5.24. The van der Waals surface area contributed by atoms with Gasteiger partial charge in [-0.1, -0.05) is 6.07 Å². The van der Waals surface area contributed by atoms with Gasteiger partial charge >= 0.3 is 12.5 Å².